The van der Waals surface area contributed by atoms with Crippen LogP contribution in [0.5, 0.6) is 0 Å². The third-order valence-corrected chi connectivity index (χ3v) is 6.57. The van der Waals surface area contributed by atoms with E-state index in [1.807, 2.05) is 45.1 Å². The first kappa shape index (κ1) is 22.7. The fourth-order valence-corrected chi connectivity index (χ4v) is 4.45. The van der Waals surface area contributed by atoms with E-state index < -0.39 is 10.0 Å². The zero-order valence-corrected chi connectivity index (χ0v) is 18.7. The molecule has 0 amide bonds. The molecule has 0 aromatic heterocycles. The number of rotatable bonds is 6. The van der Waals surface area contributed by atoms with Gasteiger partial charge < -0.3 is 4.74 Å². The van der Waals surface area contributed by atoms with Gasteiger partial charge in [0.25, 0.3) is 0 Å². The number of nitrogens with two attached hydrogens (primary N) is 1. The smallest absolute Gasteiger partial charge is 0.238 e. The summed E-state index contributed by atoms with van der Waals surface area (Å²) in [7, 11) is -2.06. The molecule has 0 heterocycles. The topological polar surface area (TPSA) is 69.4 Å². The van der Waals surface area contributed by atoms with Gasteiger partial charge in [-0.15, -0.1) is 0 Å². The molecular weight excluding hydrogens is 394 g/mol. The van der Waals surface area contributed by atoms with Crippen LogP contribution in [0.3, 0.4) is 0 Å². The number of methoxy groups -OCH3 is 1. The number of hydrogen-bond donors (Lipinski definition) is 1. The minimum absolute atomic E-state index is 0.142. The maximum Gasteiger partial charge on any atom is 0.238 e. The van der Waals surface area contributed by atoms with Crippen LogP contribution in [-0.2, 0) is 14.8 Å². The Bertz CT molecular complexity index is 892. The molecule has 0 radical (unpaired) electrons. The summed E-state index contributed by atoms with van der Waals surface area (Å²) in [4.78, 5) is 0.142. The highest BCUT2D eigenvalue weighted by Crippen LogP contribution is 2.62. The molecule has 6 heteroatoms. The first-order chi connectivity index (χ1) is 13.3. The molecule has 1 fully saturated rings. The second kappa shape index (κ2) is 9.29. The summed E-state index contributed by atoms with van der Waals surface area (Å²) >= 11 is 6.34. The van der Waals surface area contributed by atoms with Crippen LogP contribution in [0, 0.1) is 5.41 Å². The zero-order chi connectivity index (χ0) is 20.9. The second-order valence-electron chi connectivity index (χ2n) is 7.12. The Balaban J connectivity index is 0.00000136. The normalized spacial score (nSPS) is 18.8. The molecule has 2 N–H and O–H groups in total. The highest BCUT2D eigenvalue weighted by atomic mass is 35.5. The lowest BCUT2D eigenvalue weighted by Crippen LogP contribution is -2.11. The SMILES string of the molecule is C/C=C(OC)\C(Cl)=C/CC1=C(c2ccc(S(N)(=O)=O)cc2)CC2(CC2)C1.CC. The number of halogens is 1. The lowest BCUT2D eigenvalue weighted by Gasteiger charge is -2.08. The van der Waals surface area contributed by atoms with Crippen molar-refractivity contribution in [2.24, 2.45) is 10.6 Å². The Kier molecular flexibility index (Phi) is 7.54. The van der Waals surface area contributed by atoms with Crippen LogP contribution in [0.4, 0.5) is 0 Å². The van der Waals surface area contributed by atoms with Crippen LogP contribution >= 0.6 is 11.6 Å². The van der Waals surface area contributed by atoms with Crippen molar-refractivity contribution in [2.45, 2.75) is 57.8 Å². The van der Waals surface area contributed by atoms with E-state index >= 15 is 0 Å². The van der Waals surface area contributed by atoms with Crippen molar-refractivity contribution in [1.82, 2.24) is 0 Å². The quantitative estimate of drug-likeness (QED) is 0.467. The van der Waals surface area contributed by atoms with Gasteiger partial charge >= 0.3 is 0 Å². The predicted octanol–water partition coefficient (Wildman–Crippen LogP) is 5.75. The van der Waals surface area contributed by atoms with Gasteiger partial charge in [0.2, 0.25) is 10.0 Å². The van der Waals surface area contributed by atoms with Gasteiger partial charge in [0.15, 0.2) is 0 Å². The van der Waals surface area contributed by atoms with Crippen molar-refractivity contribution in [1.29, 1.82) is 0 Å². The fraction of sp³-hybridized carbons (Fsp3) is 0.455. The molecular formula is C22H30ClNO3S. The van der Waals surface area contributed by atoms with Gasteiger partial charge in [-0.3, -0.25) is 0 Å². The van der Waals surface area contributed by atoms with E-state index in [0.717, 1.165) is 24.8 Å². The molecule has 154 valence electrons. The summed E-state index contributed by atoms with van der Waals surface area (Å²) in [6, 6.07) is 6.88. The largest absolute Gasteiger partial charge is 0.496 e. The zero-order valence-electron chi connectivity index (χ0n) is 17.1. The van der Waals surface area contributed by atoms with E-state index in [1.165, 1.54) is 24.0 Å². The molecule has 1 saturated carbocycles. The van der Waals surface area contributed by atoms with Crippen molar-refractivity contribution in [3.63, 3.8) is 0 Å². The van der Waals surface area contributed by atoms with E-state index in [9.17, 15) is 8.42 Å². The van der Waals surface area contributed by atoms with Crippen LogP contribution in [0.1, 0.15) is 58.4 Å². The predicted molar refractivity (Wildman–Crippen MR) is 116 cm³/mol. The average Bonchev–Trinajstić information content (AvgIpc) is 3.34. The summed E-state index contributed by atoms with van der Waals surface area (Å²) in [6.45, 7) is 5.89. The maximum atomic E-state index is 11.5. The Morgan fingerprint density at radius 1 is 1.21 bits per heavy atom. The number of sulfonamides is 1. The first-order valence-electron chi connectivity index (χ1n) is 9.68. The minimum Gasteiger partial charge on any atom is -0.496 e. The molecule has 0 unspecified atom stereocenters. The molecule has 0 saturated heterocycles. The molecule has 0 aliphatic heterocycles. The van der Waals surface area contributed by atoms with Crippen LogP contribution in [0.15, 0.2) is 57.7 Å². The number of benzene rings is 1. The van der Waals surface area contributed by atoms with Gasteiger partial charge in [0.1, 0.15) is 5.76 Å². The summed E-state index contributed by atoms with van der Waals surface area (Å²) in [5.41, 5.74) is 4.16. The third-order valence-electron chi connectivity index (χ3n) is 5.30. The number of primary sulfonamides is 1. The van der Waals surface area contributed by atoms with Crippen LogP contribution in [-0.4, -0.2) is 15.5 Å². The number of hydrogen-bond acceptors (Lipinski definition) is 3. The van der Waals surface area contributed by atoms with E-state index in [2.05, 4.69) is 0 Å². The van der Waals surface area contributed by atoms with E-state index in [0.29, 0.717) is 16.2 Å². The molecule has 1 aromatic carbocycles. The van der Waals surface area contributed by atoms with Crippen LogP contribution in [0.2, 0.25) is 0 Å². The molecule has 2 aliphatic carbocycles. The lowest BCUT2D eigenvalue weighted by atomic mass is 9.99. The van der Waals surface area contributed by atoms with Crippen LogP contribution < -0.4 is 5.14 Å². The Labute approximate surface area is 174 Å². The number of allylic oxidation sites excluding steroid dienone is 5. The molecule has 2 aliphatic rings. The molecule has 0 bridgehead atoms. The molecule has 4 nitrogen and oxygen atoms in total. The van der Waals surface area contributed by atoms with Gasteiger partial charge in [0, 0.05) is 0 Å². The average molecular weight is 424 g/mol. The van der Waals surface area contributed by atoms with Gasteiger partial charge in [0.05, 0.1) is 17.0 Å². The van der Waals surface area contributed by atoms with Crippen molar-refractivity contribution in [3.05, 3.63) is 58.3 Å². The molecule has 0 atom stereocenters. The number of ether oxygens (including phenoxy) is 1. The van der Waals surface area contributed by atoms with E-state index in [-0.39, 0.29) is 4.90 Å². The first-order valence-corrected chi connectivity index (χ1v) is 11.6. The molecule has 3 rings (SSSR count). The highest BCUT2D eigenvalue weighted by Gasteiger charge is 2.47. The maximum absolute atomic E-state index is 11.5. The summed E-state index contributed by atoms with van der Waals surface area (Å²) in [6.07, 6.45) is 9.25. The minimum atomic E-state index is -3.67. The lowest BCUT2D eigenvalue weighted by molar-refractivity contribution is 0.304. The van der Waals surface area contributed by atoms with Gasteiger partial charge in [-0.2, -0.15) is 0 Å². The van der Waals surface area contributed by atoms with Gasteiger partial charge in [-0.1, -0.05) is 49.2 Å². The van der Waals surface area contributed by atoms with E-state index in [1.54, 1.807) is 19.2 Å². The van der Waals surface area contributed by atoms with Crippen molar-refractivity contribution in [2.75, 3.05) is 7.11 Å². The fourth-order valence-electron chi connectivity index (χ4n) is 3.67. The molecule has 28 heavy (non-hydrogen) atoms. The van der Waals surface area contributed by atoms with E-state index in [4.69, 9.17) is 21.5 Å². The van der Waals surface area contributed by atoms with Crippen molar-refractivity contribution < 1.29 is 13.2 Å². The van der Waals surface area contributed by atoms with Crippen molar-refractivity contribution in [3.8, 4) is 0 Å². The molecule has 1 aromatic rings. The highest BCUT2D eigenvalue weighted by molar-refractivity contribution is 7.89. The third kappa shape index (κ3) is 5.28. The summed E-state index contributed by atoms with van der Waals surface area (Å²) in [5, 5.41) is 5.81. The second-order valence-corrected chi connectivity index (χ2v) is 9.09. The molecule has 1 spiro atoms. The van der Waals surface area contributed by atoms with Gasteiger partial charge in [-0.05, 0) is 73.8 Å². The summed E-state index contributed by atoms with van der Waals surface area (Å²) < 4.78 is 28.2. The standard InChI is InChI=1S/C20H24ClNO3S.C2H6/c1-3-19(25-2)18(21)9-6-15-12-20(10-11-20)13-17(15)14-4-7-16(8-5-14)26(22,23)24;1-2/h3-5,7-9H,6,10-13H2,1-2H3,(H2,22,23,24);1-2H3/b18-9+,19-3+;. The van der Waals surface area contributed by atoms with Crippen molar-refractivity contribution >= 4 is 27.2 Å². The Morgan fingerprint density at radius 3 is 2.29 bits per heavy atom. The van der Waals surface area contributed by atoms with Crippen LogP contribution in [0.25, 0.3) is 5.57 Å². The monoisotopic (exact) mass is 423 g/mol. The van der Waals surface area contributed by atoms with Gasteiger partial charge in [-0.25, -0.2) is 13.6 Å². The Morgan fingerprint density at radius 2 is 1.82 bits per heavy atom. The summed E-state index contributed by atoms with van der Waals surface area (Å²) in [5.74, 6) is 0.672. The Hall–Kier alpha value is -1.56.